The van der Waals surface area contributed by atoms with E-state index in [1.165, 1.54) is 7.11 Å². The molecule has 0 fully saturated rings. The summed E-state index contributed by atoms with van der Waals surface area (Å²) in [6.07, 6.45) is 0.169. The van der Waals surface area contributed by atoms with Crippen molar-refractivity contribution in [2.24, 2.45) is 5.41 Å². The lowest BCUT2D eigenvalue weighted by atomic mass is 9.76. The van der Waals surface area contributed by atoms with E-state index in [0.717, 1.165) is 22.3 Å². The minimum atomic E-state index is -1.04. The fraction of sp³-hybridized carbons (Fsp3) is 0.423. The van der Waals surface area contributed by atoms with Crippen molar-refractivity contribution in [3.8, 4) is 11.1 Å². The minimum absolute atomic E-state index is 0.0459. The van der Waals surface area contributed by atoms with Gasteiger partial charge in [-0.2, -0.15) is 0 Å². The molecule has 0 heterocycles. The fourth-order valence-electron chi connectivity index (χ4n) is 4.17. The van der Waals surface area contributed by atoms with E-state index in [-0.39, 0.29) is 12.5 Å². The highest BCUT2D eigenvalue weighted by atomic mass is 16.6. The number of alkyl carbamates (subject to hydrolysis) is 1. The SMILES string of the molecule is COC(=O)[C@H](C)NC(=O)C1(CNC(=O)OC(C)(C)C)Cc2ccccc2-c2ccccc2C1. The summed E-state index contributed by atoms with van der Waals surface area (Å²) in [6, 6.07) is 15.1. The van der Waals surface area contributed by atoms with Crippen LogP contribution in [0.1, 0.15) is 38.8 Å². The number of carbonyl (C=O) groups is 3. The van der Waals surface area contributed by atoms with Gasteiger partial charge in [0, 0.05) is 6.54 Å². The molecule has 0 saturated heterocycles. The summed E-state index contributed by atoms with van der Waals surface area (Å²) in [7, 11) is 1.28. The third-order valence-corrected chi connectivity index (χ3v) is 5.74. The number of fused-ring (bicyclic) bond motifs is 3. The van der Waals surface area contributed by atoms with Crippen LogP contribution in [0.4, 0.5) is 4.79 Å². The number of esters is 1. The van der Waals surface area contributed by atoms with Gasteiger partial charge in [0.15, 0.2) is 0 Å². The number of nitrogens with one attached hydrogen (secondary N) is 2. The van der Waals surface area contributed by atoms with E-state index in [1.54, 1.807) is 27.7 Å². The van der Waals surface area contributed by atoms with Gasteiger partial charge in [-0.25, -0.2) is 9.59 Å². The Kier molecular flexibility index (Phi) is 7.10. The molecule has 0 saturated carbocycles. The molecule has 33 heavy (non-hydrogen) atoms. The molecule has 3 rings (SSSR count). The summed E-state index contributed by atoms with van der Waals surface area (Å²) in [5.41, 5.74) is 2.40. The molecule has 2 amide bonds. The first-order valence-corrected chi connectivity index (χ1v) is 11.1. The van der Waals surface area contributed by atoms with Crippen molar-refractivity contribution in [3.63, 3.8) is 0 Å². The van der Waals surface area contributed by atoms with Crippen molar-refractivity contribution in [1.82, 2.24) is 10.6 Å². The van der Waals surface area contributed by atoms with E-state index in [1.807, 2.05) is 48.5 Å². The van der Waals surface area contributed by atoms with Crippen LogP contribution in [-0.2, 0) is 31.9 Å². The van der Waals surface area contributed by atoms with Gasteiger partial charge in [-0.1, -0.05) is 48.5 Å². The number of hydrogen-bond acceptors (Lipinski definition) is 5. The van der Waals surface area contributed by atoms with E-state index >= 15 is 0 Å². The molecule has 2 aromatic carbocycles. The third kappa shape index (κ3) is 5.72. The topological polar surface area (TPSA) is 93.7 Å². The predicted octanol–water partition coefficient (Wildman–Crippen LogP) is 3.64. The van der Waals surface area contributed by atoms with Gasteiger partial charge in [-0.3, -0.25) is 4.79 Å². The number of amides is 2. The Morgan fingerprint density at radius 1 is 0.970 bits per heavy atom. The number of benzene rings is 2. The molecular weight excluding hydrogens is 420 g/mol. The van der Waals surface area contributed by atoms with Gasteiger partial charge in [0.25, 0.3) is 0 Å². The van der Waals surface area contributed by atoms with Crippen molar-refractivity contribution < 1.29 is 23.9 Å². The first-order valence-electron chi connectivity index (χ1n) is 11.1. The Morgan fingerprint density at radius 2 is 1.48 bits per heavy atom. The first-order chi connectivity index (χ1) is 15.5. The summed E-state index contributed by atoms with van der Waals surface area (Å²) < 4.78 is 10.2. The molecule has 0 aromatic heterocycles. The maximum atomic E-state index is 13.7. The van der Waals surface area contributed by atoms with Crippen LogP contribution in [0.5, 0.6) is 0 Å². The Morgan fingerprint density at radius 3 is 1.97 bits per heavy atom. The minimum Gasteiger partial charge on any atom is -0.467 e. The van der Waals surface area contributed by atoms with Gasteiger partial charge in [-0.15, -0.1) is 0 Å². The molecule has 0 spiro atoms. The van der Waals surface area contributed by atoms with Crippen LogP contribution in [0.3, 0.4) is 0 Å². The molecule has 2 N–H and O–H groups in total. The zero-order chi connectivity index (χ0) is 24.2. The van der Waals surface area contributed by atoms with Crippen LogP contribution in [0.25, 0.3) is 11.1 Å². The summed E-state index contributed by atoms with van der Waals surface area (Å²) in [4.78, 5) is 38.2. The lowest BCUT2D eigenvalue weighted by Gasteiger charge is -2.33. The Hall–Kier alpha value is -3.35. The molecule has 0 bridgehead atoms. The maximum Gasteiger partial charge on any atom is 0.407 e. The van der Waals surface area contributed by atoms with Crippen LogP contribution >= 0.6 is 0 Å². The highest BCUT2D eigenvalue weighted by Crippen LogP contribution is 2.40. The summed E-state index contributed by atoms with van der Waals surface area (Å²) >= 11 is 0. The molecular formula is C26H32N2O5. The summed E-state index contributed by atoms with van der Waals surface area (Å²) in [5, 5.41) is 5.60. The number of carbonyl (C=O) groups excluding carboxylic acids is 3. The molecule has 1 aliphatic carbocycles. The van der Waals surface area contributed by atoms with Gasteiger partial charge in [0.05, 0.1) is 12.5 Å². The predicted molar refractivity (Wildman–Crippen MR) is 126 cm³/mol. The zero-order valence-electron chi connectivity index (χ0n) is 19.9. The maximum absolute atomic E-state index is 13.7. The number of hydrogen-bond donors (Lipinski definition) is 2. The fourth-order valence-corrected chi connectivity index (χ4v) is 4.17. The van der Waals surface area contributed by atoms with Crippen LogP contribution in [0, 0.1) is 5.41 Å². The van der Waals surface area contributed by atoms with Gasteiger partial charge in [0.2, 0.25) is 5.91 Å². The number of methoxy groups -OCH3 is 1. The van der Waals surface area contributed by atoms with Crippen molar-refractivity contribution in [3.05, 3.63) is 59.7 Å². The molecule has 7 heteroatoms. The second-order valence-electron chi connectivity index (χ2n) is 9.52. The van der Waals surface area contributed by atoms with E-state index < -0.39 is 29.1 Å². The van der Waals surface area contributed by atoms with Gasteiger partial charge in [0.1, 0.15) is 11.6 Å². The number of ether oxygens (including phenoxy) is 2. The van der Waals surface area contributed by atoms with Crippen LogP contribution < -0.4 is 10.6 Å². The Bertz CT molecular complexity index is 993. The average molecular weight is 453 g/mol. The highest BCUT2D eigenvalue weighted by Gasteiger charge is 2.43. The molecule has 0 radical (unpaired) electrons. The van der Waals surface area contributed by atoms with Crippen LogP contribution in [-0.4, -0.2) is 43.3 Å². The second-order valence-corrected chi connectivity index (χ2v) is 9.52. The molecule has 1 aliphatic rings. The molecule has 2 aromatic rings. The zero-order valence-corrected chi connectivity index (χ0v) is 19.9. The van der Waals surface area contributed by atoms with Crippen LogP contribution in [0.15, 0.2) is 48.5 Å². The van der Waals surface area contributed by atoms with Crippen LogP contribution in [0.2, 0.25) is 0 Å². The van der Waals surface area contributed by atoms with E-state index in [2.05, 4.69) is 10.6 Å². The average Bonchev–Trinajstić information content (AvgIpc) is 2.91. The Labute approximate surface area is 194 Å². The molecule has 1 atom stereocenters. The van der Waals surface area contributed by atoms with Gasteiger partial charge < -0.3 is 20.1 Å². The van der Waals surface area contributed by atoms with Gasteiger partial charge in [-0.05, 0) is 62.8 Å². The van der Waals surface area contributed by atoms with E-state index in [4.69, 9.17) is 9.47 Å². The second kappa shape index (κ2) is 9.65. The monoisotopic (exact) mass is 452 g/mol. The largest absolute Gasteiger partial charge is 0.467 e. The van der Waals surface area contributed by atoms with Crippen molar-refractivity contribution in [2.45, 2.75) is 52.2 Å². The molecule has 0 unspecified atom stereocenters. The normalized spacial score (nSPS) is 15.2. The summed E-state index contributed by atoms with van der Waals surface area (Å²) in [6.45, 7) is 6.98. The standard InChI is InChI=1S/C26H32N2O5/c1-17(22(29)32-5)28-23(30)26(16-27-24(31)33-25(2,3)4)14-18-10-6-8-12-20(18)21-13-9-7-11-19(21)15-26/h6-13,17H,14-16H2,1-5H3,(H,27,31)(H,28,30)/t17-/m0/s1. The van der Waals surface area contributed by atoms with E-state index in [0.29, 0.717) is 12.8 Å². The smallest absolute Gasteiger partial charge is 0.407 e. The third-order valence-electron chi connectivity index (χ3n) is 5.74. The molecule has 176 valence electrons. The molecule has 0 aliphatic heterocycles. The molecule has 7 nitrogen and oxygen atoms in total. The quantitative estimate of drug-likeness (QED) is 0.676. The van der Waals surface area contributed by atoms with Crippen molar-refractivity contribution in [2.75, 3.05) is 13.7 Å². The Balaban J connectivity index is 2.02. The van der Waals surface area contributed by atoms with Crippen molar-refractivity contribution >= 4 is 18.0 Å². The highest BCUT2D eigenvalue weighted by molar-refractivity contribution is 5.90. The lowest BCUT2D eigenvalue weighted by Crippen LogP contribution is -2.54. The van der Waals surface area contributed by atoms with Crippen molar-refractivity contribution in [1.29, 1.82) is 0 Å². The first kappa shape index (κ1) is 24.3. The lowest BCUT2D eigenvalue weighted by molar-refractivity contribution is -0.146. The number of rotatable bonds is 5. The van der Waals surface area contributed by atoms with E-state index in [9.17, 15) is 14.4 Å². The summed E-state index contributed by atoms with van der Waals surface area (Å²) in [5.74, 6) is -0.865. The van der Waals surface area contributed by atoms with Gasteiger partial charge >= 0.3 is 12.1 Å².